The van der Waals surface area contributed by atoms with Crippen LogP contribution in [0.1, 0.15) is 80.4 Å². The van der Waals surface area contributed by atoms with Gasteiger partial charge in [-0.2, -0.15) is 0 Å². The molecule has 4 aliphatic rings. The van der Waals surface area contributed by atoms with Crippen molar-refractivity contribution >= 4 is 33.9 Å². The van der Waals surface area contributed by atoms with Gasteiger partial charge in [-0.25, -0.2) is 18.7 Å². The summed E-state index contributed by atoms with van der Waals surface area (Å²) in [5.41, 5.74) is 8.21. The molecule has 0 radical (unpaired) electrons. The summed E-state index contributed by atoms with van der Waals surface area (Å²) in [6.07, 6.45) is 5.83. The molecular weight excluding hydrogens is 576 g/mol. The van der Waals surface area contributed by atoms with Crippen LogP contribution in [0.5, 0.6) is 0 Å². The van der Waals surface area contributed by atoms with Crippen molar-refractivity contribution in [3.8, 4) is 11.5 Å². The molecule has 2 saturated carbocycles. The fraction of sp³-hybridized carbons (Fsp3) is 0.529. The fourth-order valence-corrected chi connectivity index (χ4v) is 8.19. The van der Waals surface area contributed by atoms with E-state index in [2.05, 4.69) is 9.88 Å². The first kappa shape index (κ1) is 28.6. The van der Waals surface area contributed by atoms with Crippen molar-refractivity contribution in [3.63, 3.8) is 0 Å². The maximum Gasteiger partial charge on any atom is 0.254 e. The number of aromatic nitrogens is 4. The predicted octanol–water partition coefficient (Wildman–Crippen LogP) is 5.16. The number of aryl methyl sites for hydroxylation is 2. The average molecular weight is 616 g/mol. The SMILES string of the molecule is C[C@H]1NC(=O)[C@@H]2C[C@@]2(F)CCCCCn2c(-c3nc4cc(C(=O)N5C[C@H](N)[C@@H]6CC[C@H]5C6)cc(F)c4n3C)cc3ccc1nc32. The van der Waals surface area contributed by atoms with Crippen LogP contribution in [0, 0.1) is 17.7 Å². The zero-order valence-electron chi connectivity index (χ0n) is 25.7. The van der Waals surface area contributed by atoms with Crippen LogP contribution < -0.4 is 11.1 Å². The molecule has 236 valence electrons. The van der Waals surface area contributed by atoms with E-state index >= 15 is 8.78 Å². The predicted molar refractivity (Wildman–Crippen MR) is 167 cm³/mol. The van der Waals surface area contributed by atoms with E-state index in [-0.39, 0.29) is 41.9 Å². The molecule has 0 unspecified atom stereocenters. The second kappa shape index (κ2) is 10.3. The molecule has 3 N–H and O–H groups in total. The fourth-order valence-electron chi connectivity index (χ4n) is 8.19. The average Bonchev–Trinajstić information content (AvgIpc) is 3.29. The molecule has 2 aliphatic carbocycles. The van der Waals surface area contributed by atoms with Crippen molar-refractivity contribution in [2.45, 2.75) is 88.6 Å². The number of piperidine rings is 1. The highest BCUT2D eigenvalue weighted by Gasteiger charge is 2.59. The first-order valence-corrected chi connectivity index (χ1v) is 16.3. The lowest BCUT2D eigenvalue weighted by Crippen LogP contribution is -2.51. The van der Waals surface area contributed by atoms with Gasteiger partial charge in [-0.15, -0.1) is 0 Å². The third kappa shape index (κ3) is 4.64. The molecule has 0 spiro atoms. The van der Waals surface area contributed by atoms with Gasteiger partial charge >= 0.3 is 0 Å². The number of imidazole rings is 1. The molecule has 45 heavy (non-hydrogen) atoms. The van der Waals surface area contributed by atoms with Gasteiger partial charge in [0.25, 0.3) is 5.91 Å². The smallest absolute Gasteiger partial charge is 0.254 e. The van der Waals surface area contributed by atoms with Crippen LogP contribution >= 0.6 is 0 Å². The highest BCUT2D eigenvalue weighted by atomic mass is 19.1. The van der Waals surface area contributed by atoms with Crippen molar-refractivity contribution in [2.24, 2.45) is 24.6 Å². The number of nitrogens with one attached hydrogen (secondary N) is 1. The number of alkyl halides is 1. The van der Waals surface area contributed by atoms with Gasteiger partial charge in [-0.1, -0.05) is 12.8 Å². The minimum absolute atomic E-state index is 0.0513. The Kier molecular flexibility index (Phi) is 6.57. The quantitative estimate of drug-likeness (QED) is 0.324. The number of amides is 2. The number of benzene rings is 1. The van der Waals surface area contributed by atoms with Crippen LogP contribution in [0.2, 0.25) is 0 Å². The maximum atomic E-state index is 15.8. The molecule has 5 heterocycles. The van der Waals surface area contributed by atoms with Crippen LogP contribution in [0.15, 0.2) is 30.3 Å². The number of hydrogen-bond donors (Lipinski definition) is 2. The second-order valence-electron chi connectivity index (χ2n) is 13.8. The molecule has 3 fully saturated rings. The third-order valence-corrected chi connectivity index (χ3v) is 10.9. The van der Waals surface area contributed by atoms with E-state index in [0.29, 0.717) is 54.4 Å². The zero-order valence-corrected chi connectivity index (χ0v) is 25.7. The van der Waals surface area contributed by atoms with Crippen molar-refractivity contribution in [2.75, 3.05) is 6.54 Å². The largest absolute Gasteiger partial charge is 0.348 e. The topological polar surface area (TPSA) is 111 Å². The summed E-state index contributed by atoms with van der Waals surface area (Å²) in [5.74, 6) is -0.505. The molecule has 4 bridgehead atoms. The minimum atomic E-state index is -1.41. The molecule has 8 rings (SSSR count). The summed E-state index contributed by atoms with van der Waals surface area (Å²) in [5, 5.41) is 3.87. The Morgan fingerprint density at radius 1 is 1.13 bits per heavy atom. The summed E-state index contributed by atoms with van der Waals surface area (Å²) in [7, 11) is 1.79. The van der Waals surface area contributed by atoms with Crippen molar-refractivity contribution in [1.29, 1.82) is 0 Å². The van der Waals surface area contributed by atoms with Crippen LogP contribution in [0.4, 0.5) is 8.78 Å². The molecular formula is C34H39F2N7O2. The van der Waals surface area contributed by atoms with Gasteiger partial charge in [0, 0.05) is 43.2 Å². The summed E-state index contributed by atoms with van der Waals surface area (Å²) < 4.78 is 34.8. The van der Waals surface area contributed by atoms with E-state index < -0.39 is 17.4 Å². The Morgan fingerprint density at radius 3 is 2.82 bits per heavy atom. The molecule has 1 aromatic carbocycles. The highest BCUT2D eigenvalue weighted by Crippen LogP contribution is 2.51. The summed E-state index contributed by atoms with van der Waals surface area (Å²) in [6.45, 7) is 2.99. The van der Waals surface area contributed by atoms with Crippen LogP contribution in [0.25, 0.3) is 33.6 Å². The third-order valence-electron chi connectivity index (χ3n) is 10.9. The van der Waals surface area contributed by atoms with Crippen molar-refractivity contribution in [3.05, 3.63) is 47.4 Å². The number of fused-ring (bicyclic) bond motifs is 5. The number of nitrogens with zero attached hydrogens (tertiary/aromatic N) is 5. The van der Waals surface area contributed by atoms with Gasteiger partial charge in [-0.3, -0.25) is 9.59 Å². The van der Waals surface area contributed by atoms with Gasteiger partial charge in [0.15, 0.2) is 5.82 Å². The Labute approximate surface area is 260 Å². The lowest BCUT2D eigenvalue weighted by molar-refractivity contribution is -0.124. The van der Waals surface area contributed by atoms with Gasteiger partial charge < -0.3 is 25.1 Å². The van der Waals surface area contributed by atoms with Gasteiger partial charge in [0.1, 0.15) is 22.6 Å². The Morgan fingerprint density at radius 2 is 1.98 bits per heavy atom. The van der Waals surface area contributed by atoms with Crippen LogP contribution in [-0.2, 0) is 18.4 Å². The molecule has 9 nitrogen and oxygen atoms in total. The van der Waals surface area contributed by atoms with Crippen LogP contribution in [0.3, 0.4) is 0 Å². The van der Waals surface area contributed by atoms with E-state index in [4.69, 9.17) is 15.7 Å². The summed E-state index contributed by atoms with van der Waals surface area (Å²) in [6, 6.07) is 8.61. The second-order valence-corrected chi connectivity index (χ2v) is 13.8. The van der Waals surface area contributed by atoms with E-state index in [1.165, 1.54) is 6.07 Å². The van der Waals surface area contributed by atoms with E-state index in [1.54, 1.807) is 17.7 Å². The number of carbonyl (C=O) groups is 2. The van der Waals surface area contributed by atoms with Gasteiger partial charge in [0.05, 0.1) is 28.9 Å². The van der Waals surface area contributed by atoms with E-state index in [9.17, 15) is 9.59 Å². The standard InChI is InChI=1S/C34H39F2N7O2/c1-18-26-9-7-20-15-28(42(30(20)39-26)11-5-3-4-10-34(36)16-23(34)32(44)38-18)31-40-27-14-21(13-24(35)29(27)41(31)2)33(45)43-17-25(37)19-6-8-22(43)12-19/h7,9,13-15,18-19,22-23,25H,3-6,8,10-12,16-17,37H2,1-2H3,(H,38,44)/t18-,19-,22+,23+,25+,34+/m1/s1. The van der Waals surface area contributed by atoms with Gasteiger partial charge in [-0.05, 0) is 81.7 Å². The monoisotopic (exact) mass is 615 g/mol. The number of hydrogen-bond acceptors (Lipinski definition) is 5. The summed E-state index contributed by atoms with van der Waals surface area (Å²) in [4.78, 5) is 38.1. The number of halogens is 2. The van der Waals surface area contributed by atoms with Crippen molar-refractivity contribution < 1.29 is 18.4 Å². The zero-order chi connectivity index (χ0) is 31.2. The minimum Gasteiger partial charge on any atom is -0.348 e. The van der Waals surface area contributed by atoms with Crippen LogP contribution in [-0.4, -0.2) is 60.1 Å². The molecule has 4 aromatic rings. The molecule has 11 heteroatoms. The molecule has 2 aliphatic heterocycles. The number of nitrogens with two attached hydrogens (primary N) is 1. The first-order valence-electron chi connectivity index (χ1n) is 16.3. The van der Waals surface area contributed by atoms with Gasteiger partial charge in [0.2, 0.25) is 5.91 Å². The molecule has 3 aromatic heterocycles. The number of rotatable bonds is 2. The Bertz CT molecular complexity index is 1870. The Balaban J connectivity index is 1.18. The molecule has 1 saturated heterocycles. The lowest BCUT2D eigenvalue weighted by Gasteiger charge is -2.37. The summed E-state index contributed by atoms with van der Waals surface area (Å²) >= 11 is 0. The first-order chi connectivity index (χ1) is 21.6. The van der Waals surface area contributed by atoms with E-state index in [0.717, 1.165) is 48.8 Å². The maximum absolute atomic E-state index is 15.8. The van der Waals surface area contributed by atoms with E-state index in [1.807, 2.05) is 30.0 Å². The lowest BCUT2D eigenvalue weighted by atomic mass is 9.94. The number of pyridine rings is 1. The number of carbonyl (C=O) groups excluding carboxylic acids is 2. The van der Waals surface area contributed by atoms with Crippen molar-refractivity contribution in [1.82, 2.24) is 29.3 Å². The normalized spacial score (nSPS) is 30.0. The molecule has 2 amide bonds. The molecule has 6 atom stereocenters. The number of likely N-dealkylation sites (tertiary alicyclic amines) is 1. The Hall–Kier alpha value is -3.86. The highest BCUT2D eigenvalue weighted by molar-refractivity contribution is 5.98.